The van der Waals surface area contributed by atoms with E-state index >= 15 is 0 Å². The number of nitrogens with zero attached hydrogens (tertiary/aromatic N) is 1. The molecule has 0 atom stereocenters. The SMILES string of the molecule is O=C1CN(C(=O)c2ccc3[nH]c4c(c3c2)CCCC4)CCN1. The number of benzene rings is 1. The van der Waals surface area contributed by atoms with E-state index in [-0.39, 0.29) is 18.4 Å². The first-order chi connectivity index (χ1) is 10.7. The number of carbonyl (C=O) groups excluding carboxylic acids is 2. The van der Waals surface area contributed by atoms with Crippen molar-refractivity contribution in [1.82, 2.24) is 15.2 Å². The maximum atomic E-state index is 12.6. The molecule has 1 aromatic carbocycles. The quantitative estimate of drug-likeness (QED) is 0.840. The van der Waals surface area contributed by atoms with Gasteiger partial charge in [0.2, 0.25) is 5.91 Å². The minimum atomic E-state index is -0.0836. The van der Waals surface area contributed by atoms with Gasteiger partial charge in [0.05, 0.1) is 6.54 Å². The van der Waals surface area contributed by atoms with E-state index in [0.717, 1.165) is 18.4 Å². The Labute approximate surface area is 128 Å². The number of aromatic amines is 1. The number of H-pyrrole nitrogens is 1. The minimum absolute atomic E-state index is 0.0532. The average molecular weight is 297 g/mol. The lowest BCUT2D eigenvalue weighted by Crippen LogP contribution is -2.49. The van der Waals surface area contributed by atoms with Crippen molar-refractivity contribution < 1.29 is 9.59 Å². The van der Waals surface area contributed by atoms with Crippen LogP contribution in [0.1, 0.15) is 34.5 Å². The zero-order chi connectivity index (χ0) is 15.1. The predicted molar refractivity (Wildman–Crippen MR) is 83.9 cm³/mol. The summed E-state index contributed by atoms with van der Waals surface area (Å²) in [5, 5.41) is 3.92. The van der Waals surface area contributed by atoms with E-state index in [1.807, 2.05) is 18.2 Å². The Balaban J connectivity index is 1.69. The number of carbonyl (C=O) groups is 2. The summed E-state index contributed by atoms with van der Waals surface area (Å²) >= 11 is 0. The van der Waals surface area contributed by atoms with Gasteiger partial charge < -0.3 is 15.2 Å². The van der Waals surface area contributed by atoms with E-state index in [0.29, 0.717) is 18.7 Å². The number of amides is 2. The van der Waals surface area contributed by atoms with E-state index in [1.165, 1.54) is 29.5 Å². The van der Waals surface area contributed by atoms with Crippen LogP contribution in [0.5, 0.6) is 0 Å². The number of piperazine rings is 1. The fourth-order valence-corrected chi connectivity index (χ4v) is 3.53. The maximum Gasteiger partial charge on any atom is 0.254 e. The third kappa shape index (κ3) is 2.17. The lowest BCUT2D eigenvalue weighted by Gasteiger charge is -2.26. The fourth-order valence-electron chi connectivity index (χ4n) is 3.53. The van der Waals surface area contributed by atoms with E-state index in [9.17, 15) is 9.59 Å². The second-order valence-electron chi connectivity index (χ2n) is 6.13. The summed E-state index contributed by atoms with van der Waals surface area (Å²) in [6, 6.07) is 5.84. The molecule has 114 valence electrons. The summed E-state index contributed by atoms with van der Waals surface area (Å²) in [5.74, 6) is -0.137. The molecule has 2 aromatic rings. The van der Waals surface area contributed by atoms with Crippen molar-refractivity contribution in [1.29, 1.82) is 0 Å². The third-order valence-corrected chi connectivity index (χ3v) is 4.67. The van der Waals surface area contributed by atoms with Crippen LogP contribution in [0, 0.1) is 0 Å². The molecule has 0 spiro atoms. The molecular formula is C17H19N3O2. The number of aromatic nitrogens is 1. The van der Waals surface area contributed by atoms with Gasteiger partial charge in [0.25, 0.3) is 5.91 Å². The van der Waals surface area contributed by atoms with Crippen LogP contribution in [0.4, 0.5) is 0 Å². The van der Waals surface area contributed by atoms with Crippen molar-refractivity contribution in [3.63, 3.8) is 0 Å². The van der Waals surface area contributed by atoms with Crippen LogP contribution >= 0.6 is 0 Å². The van der Waals surface area contributed by atoms with E-state index in [2.05, 4.69) is 10.3 Å². The molecule has 1 aromatic heterocycles. The molecule has 0 unspecified atom stereocenters. The van der Waals surface area contributed by atoms with Crippen LogP contribution in [0.15, 0.2) is 18.2 Å². The smallest absolute Gasteiger partial charge is 0.254 e. The first kappa shape index (κ1) is 13.4. The molecule has 5 heteroatoms. The topological polar surface area (TPSA) is 65.2 Å². The highest BCUT2D eigenvalue weighted by molar-refractivity contribution is 6.00. The molecule has 2 heterocycles. The summed E-state index contributed by atoms with van der Waals surface area (Å²) in [6.07, 6.45) is 4.62. The van der Waals surface area contributed by atoms with Crippen LogP contribution in [0.3, 0.4) is 0 Å². The van der Waals surface area contributed by atoms with Crippen molar-refractivity contribution >= 4 is 22.7 Å². The predicted octanol–water partition coefficient (Wildman–Crippen LogP) is 1.62. The number of rotatable bonds is 1. The highest BCUT2D eigenvalue weighted by Gasteiger charge is 2.23. The first-order valence-electron chi connectivity index (χ1n) is 7.92. The number of nitrogens with one attached hydrogen (secondary N) is 2. The minimum Gasteiger partial charge on any atom is -0.358 e. The van der Waals surface area contributed by atoms with Crippen LogP contribution in [0.2, 0.25) is 0 Å². The van der Waals surface area contributed by atoms with Crippen molar-refractivity contribution in [3.8, 4) is 0 Å². The van der Waals surface area contributed by atoms with Crippen LogP contribution in [0.25, 0.3) is 10.9 Å². The Morgan fingerprint density at radius 1 is 1.18 bits per heavy atom. The Hall–Kier alpha value is -2.30. The summed E-state index contributed by atoms with van der Waals surface area (Å²) in [6.45, 7) is 1.27. The standard InChI is InChI=1S/C17H19N3O2/c21-16-10-20(8-7-18-16)17(22)11-5-6-15-13(9-11)12-3-1-2-4-14(12)19-15/h5-6,9,19H,1-4,7-8,10H2,(H,18,21). The number of hydrogen-bond donors (Lipinski definition) is 2. The molecule has 22 heavy (non-hydrogen) atoms. The molecule has 2 amide bonds. The molecule has 0 radical (unpaired) electrons. The zero-order valence-electron chi connectivity index (χ0n) is 12.4. The molecular weight excluding hydrogens is 278 g/mol. The molecule has 1 aliphatic carbocycles. The lowest BCUT2D eigenvalue weighted by atomic mass is 9.95. The van der Waals surface area contributed by atoms with Crippen LogP contribution in [-0.4, -0.2) is 41.3 Å². The van der Waals surface area contributed by atoms with Crippen LogP contribution in [-0.2, 0) is 17.6 Å². The molecule has 4 rings (SSSR count). The largest absolute Gasteiger partial charge is 0.358 e. The molecule has 1 saturated heterocycles. The van der Waals surface area contributed by atoms with Crippen molar-refractivity contribution in [2.75, 3.05) is 19.6 Å². The highest BCUT2D eigenvalue weighted by Crippen LogP contribution is 2.30. The summed E-state index contributed by atoms with van der Waals surface area (Å²) in [4.78, 5) is 29.2. The molecule has 1 fully saturated rings. The summed E-state index contributed by atoms with van der Waals surface area (Å²) in [5.41, 5.74) is 4.48. The van der Waals surface area contributed by atoms with Crippen LogP contribution < -0.4 is 5.32 Å². The molecule has 1 aliphatic heterocycles. The molecule has 2 N–H and O–H groups in total. The first-order valence-corrected chi connectivity index (χ1v) is 7.92. The second-order valence-corrected chi connectivity index (χ2v) is 6.13. The second kappa shape index (κ2) is 5.16. The maximum absolute atomic E-state index is 12.6. The van der Waals surface area contributed by atoms with Crippen molar-refractivity contribution in [3.05, 3.63) is 35.0 Å². The van der Waals surface area contributed by atoms with Gasteiger partial charge in [-0.15, -0.1) is 0 Å². The highest BCUT2D eigenvalue weighted by atomic mass is 16.2. The fraction of sp³-hybridized carbons (Fsp3) is 0.412. The zero-order valence-corrected chi connectivity index (χ0v) is 12.4. The van der Waals surface area contributed by atoms with Gasteiger partial charge in [-0.05, 0) is 49.4 Å². The van der Waals surface area contributed by atoms with Gasteiger partial charge in [-0.2, -0.15) is 0 Å². The molecule has 2 aliphatic rings. The Bertz CT molecular complexity index is 763. The van der Waals surface area contributed by atoms with Gasteiger partial charge in [0.1, 0.15) is 0 Å². The summed E-state index contributed by atoms with van der Waals surface area (Å²) in [7, 11) is 0. The molecule has 0 bridgehead atoms. The van der Waals surface area contributed by atoms with Gasteiger partial charge in [-0.1, -0.05) is 0 Å². The third-order valence-electron chi connectivity index (χ3n) is 4.67. The van der Waals surface area contributed by atoms with Gasteiger partial charge >= 0.3 is 0 Å². The number of hydrogen-bond acceptors (Lipinski definition) is 2. The lowest BCUT2D eigenvalue weighted by molar-refractivity contribution is -0.123. The van der Waals surface area contributed by atoms with E-state index in [4.69, 9.17) is 0 Å². The van der Waals surface area contributed by atoms with Gasteiger partial charge in [-0.25, -0.2) is 0 Å². The van der Waals surface area contributed by atoms with Crippen molar-refractivity contribution in [2.45, 2.75) is 25.7 Å². The van der Waals surface area contributed by atoms with Gasteiger partial charge in [0, 0.05) is 35.2 Å². The number of aryl methyl sites for hydroxylation is 2. The number of fused-ring (bicyclic) bond motifs is 3. The summed E-state index contributed by atoms with van der Waals surface area (Å²) < 4.78 is 0. The van der Waals surface area contributed by atoms with E-state index < -0.39 is 0 Å². The monoisotopic (exact) mass is 297 g/mol. The van der Waals surface area contributed by atoms with Gasteiger partial charge in [-0.3, -0.25) is 9.59 Å². The Morgan fingerprint density at radius 3 is 2.91 bits per heavy atom. The molecule has 5 nitrogen and oxygen atoms in total. The average Bonchev–Trinajstić information content (AvgIpc) is 2.92. The normalized spacial score (nSPS) is 18.2. The van der Waals surface area contributed by atoms with E-state index in [1.54, 1.807) is 4.90 Å². The Kier molecular flexibility index (Phi) is 3.13. The Morgan fingerprint density at radius 2 is 2.05 bits per heavy atom. The van der Waals surface area contributed by atoms with Gasteiger partial charge in [0.15, 0.2) is 0 Å². The molecule has 0 saturated carbocycles. The van der Waals surface area contributed by atoms with Crippen molar-refractivity contribution in [2.24, 2.45) is 0 Å².